The molecule has 2 aromatic rings. The van der Waals surface area contributed by atoms with Crippen molar-refractivity contribution in [2.24, 2.45) is 5.41 Å². The molecule has 1 aliphatic rings. The Morgan fingerprint density at radius 2 is 1.47 bits per heavy atom. The van der Waals surface area contributed by atoms with E-state index in [-0.39, 0.29) is 13.2 Å². The van der Waals surface area contributed by atoms with Crippen LogP contribution in [0.1, 0.15) is 55.8 Å². The number of hydrogen-bond donors (Lipinski definition) is 0. The first kappa shape index (κ1) is 27.3. The van der Waals surface area contributed by atoms with Crippen LogP contribution in [0.4, 0.5) is 0 Å². The smallest absolute Gasteiger partial charge is 0.343 e. The molecule has 2 aromatic carbocycles. The number of hydrogen-bond acceptors (Lipinski definition) is 7. The van der Waals surface area contributed by atoms with Gasteiger partial charge in [-0.15, -0.1) is 0 Å². The number of benzene rings is 2. The summed E-state index contributed by atoms with van der Waals surface area (Å²) in [6.45, 7) is 8.17. The molecule has 0 N–H and O–H groups in total. The monoisotopic (exact) mass is 496 g/mol. The van der Waals surface area contributed by atoms with Crippen molar-refractivity contribution in [1.82, 2.24) is 0 Å². The molecule has 194 valence electrons. The van der Waals surface area contributed by atoms with Crippen molar-refractivity contribution in [3.05, 3.63) is 66.7 Å². The van der Waals surface area contributed by atoms with E-state index in [9.17, 15) is 9.59 Å². The number of carbonyl (C=O) groups is 2. The minimum atomic E-state index is -0.495. The van der Waals surface area contributed by atoms with E-state index >= 15 is 0 Å². The van der Waals surface area contributed by atoms with Crippen LogP contribution < -0.4 is 14.2 Å². The van der Waals surface area contributed by atoms with Crippen LogP contribution in [0.5, 0.6) is 17.2 Å². The second-order valence-corrected chi connectivity index (χ2v) is 8.92. The summed E-state index contributed by atoms with van der Waals surface area (Å²) in [6.07, 6.45) is 8.13. The quantitative estimate of drug-likeness (QED) is 0.126. The lowest BCUT2D eigenvalue weighted by atomic mass is 9.68. The number of ether oxygens (including phenoxy) is 5. The summed E-state index contributed by atoms with van der Waals surface area (Å²) < 4.78 is 27.4. The second-order valence-electron chi connectivity index (χ2n) is 8.92. The van der Waals surface area contributed by atoms with E-state index in [1.54, 1.807) is 48.5 Å². The zero-order valence-corrected chi connectivity index (χ0v) is 21.0. The Kier molecular flexibility index (Phi) is 10.8. The zero-order chi connectivity index (χ0) is 25.6. The summed E-state index contributed by atoms with van der Waals surface area (Å²) in [5, 5.41) is 0. The molecule has 1 aliphatic carbocycles. The van der Waals surface area contributed by atoms with Gasteiger partial charge in [0, 0.05) is 12.7 Å². The Bertz CT molecular complexity index is 957. The molecular formula is C29H36O7. The normalized spacial score (nSPS) is 13.8. The SMILES string of the molecule is C=CC(=O)OCCOc1ccc(OC(=O)c2ccc(OCCCCOCC3(CC)CCC3)cc2)cc1. The molecule has 0 aromatic heterocycles. The van der Waals surface area contributed by atoms with Crippen molar-refractivity contribution in [2.45, 2.75) is 45.4 Å². The average Bonchev–Trinajstić information content (AvgIpc) is 2.88. The van der Waals surface area contributed by atoms with E-state index in [1.807, 2.05) is 0 Å². The summed E-state index contributed by atoms with van der Waals surface area (Å²) in [5.41, 5.74) is 0.878. The zero-order valence-electron chi connectivity index (χ0n) is 21.0. The van der Waals surface area contributed by atoms with Gasteiger partial charge < -0.3 is 23.7 Å². The van der Waals surface area contributed by atoms with Crippen LogP contribution in [0.2, 0.25) is 0 Å². The van der Waals surface area contributed by atoms with Gasteiger partial charge in [-0.3, -0.25) is 0 Å². The largest absolute Gasteiger partial charge is 0.494 e. The van der Waals surface area contributed by atoms with Gasteiger partial charge in [-0.1, -0.05) is 19.9 Å². The van der Waals surface area contributed by atoms with Crippen molar-refractivity contribution in [3.63, 3.8) is 0 Å². The number of esters is 2. The molecule has 0 spiro atoms. The predicted octanol–water partition coefficient (Wildman–Crippen LogP) is 5.77. The molecular weight excluding hydrogens is 460 g/mol. The fraction of sp³-hybridized carbons (Fsp3) is 0.448. The van der Waals surface area contributed by atoms with Crippen LogP contribution in [0.15, 0.2) is 61.2 Å². The van der Waals surface area contributed by atoms with Crippen molar-refractivity contribution < 1.29 is 33.3 Å². The van der Waals surface area contributed by atoms with E-state index in [0.717, 1.165) is 32.1 Å². The van der Waals surface area contributed by atoms with Gasteiger partial charge in [0.05, 0.1) is 18.8 Å². The predicted molar refractivity (Wildman–Crippen MR) is 137 cm³/mol. The third-order valence-corrected chi connectivity index (χ3v) is 6.41. The van der Waals surface area contributed by atoms with Gasteiger partial charge in [0.1, 0.15) is 30.5 Å². The highest BCUT2D eigenvalue weighted by Gasteiger charge is 2.35. The van der Waals surface area contributed by atoms with Gasteiger partial charge in [-0.2, -0.15) is 0 Å². The van der Waals surface area contributed by atoms with Gasteiger partial charge >= 0.3 is 11.9 Å². The first-order chi connectivity index (χ1) is 17.5. The molecule has 1 fully saturated rings. The molecule has 7 heteroatoms. The van der Waals surface area contributed by atoms with Crippen molar-refractivity contribution >= 4 is 11.9 Å². The maximum absolute atomic E-state index is 12.4. The van der Waals surface area contributed by atoms with Crippen LogP contribution in [0.25, 0.3) is 0 Å². The summed E-state index contributed by atoms with van der Waals surface area (Å²) in [4.78, 5) is 23.4. The molecule has 1 saturated carbocycles. The highest BCUT2D eigenvalue weighted by Crippen LogP contribution is 2.43. The maximum Gasteiger partial charge on any atom is 0.343 e. The Morgan fingerprint density at radius 1 is 0.861 bits per heavy atom. The van der Waals surface area contributed by atoms with Crippen molar-refractivity contribution in [1.29, 1.82) is 0 Å². The molecule has 0 unspecified atom stereocenters. The maximum atomic E-state index is 12.4. The summed E-state index contributed by atoms with van der Waals surface area (Å²) in [7, 11) is 0. The summed E-state index contributed by atoms with van der Waals surface area (Å²) in [5.74, 6) is 0.730. The molecule has 0 atom stereocenters. The van der Waals surface area contributed by atoms with Crippen LogP contribution in [-0.2, 0) is 14.3 Å². The number of carbonyl (C=O) groups excluding carboxylic acids is 2. The van der Waals surface area contributed by atoms with E-state index in [0.29, 0.717) is 34.8 Å². The minimum absolute atomic E-state index is 0.120. The molecule has 0 radical (unpaired) electrons. The average molecular weight is 497 g/mol. The van der Waals surface area contributed by atoms with Crippen molar-refractivity contribution in [2.75, 3.05) is 33.0 Å². The highest BCUT2D eigenvalue weighted by atomic mass is 16.6. The molecule has 0 amide bonds. The Hall–Kier alpha value is -3.32. The molecule has 0 aliphatic heterocycles. The Morgan fingerprint density at radius 3 is 2.08 bits per heavy atom. The van der Waals surface area contributed by atoms with E-state index in [4.69, 9.17) is 23.7 Å². The molecule has 0 heterocycles. The third-order valence-electron chi connectivity index (χ3n) is 6.41. The Labute approximate surface area is 213 Å². The number of unbranched alkanes of at least 4 members (excludes halogenated alkanes) is 1. The molecule has 3 rings (SSSR count). The fourth-order valence-corrected chi connectivity index (χ4v) is 3.88. The van der Waals surface area contributed by atoms with E-state index in [1.165, 1.54) is 25.7 Å². The van der Waals surface area contributed by atoms with Gasteiger partial charge in [-0.05, 0) is 86.1 Å². The molecule has 36 heavy (non-hydrogen) atoms. The Balaban J connectivity index is 1.30. The standard InChI is InChI=1S/C29H36O7/c1-3-27(30)35-21-20-34-25-12-14-26(15-13-25)36-28(31)23-8-10-24(11-9-23)33-19-6-5-18-32-22-29(4-2)16-7-17-29/h3,8-15H,1,4-7,16-22H2,2H3. The van der Waals surface area contributed by atoms with Crippen molar-refractivity contribution in [3.8, 4) is 17.2 Å². The van der Waals surface area contributed by atoms with Crippen LogP contribution >= 0.6 is 0 Å². The summed E-state index contributed by atoms with van der Waals surface area (Å²) >= 11 is 0. The fourth-order valence-electron chi connectivity index (χ4n) is 3.88. The lowest BCUT2D eigenvalue weighted by Crippen LogP contribution is -2.33. The lowest BCUT2D eigenvalue weighted by molar-refractivity contribution is -0.138. The van der Waals surface area contributed by atoms with Crippen LogP contribution in [-0.4, -0.2) is 45.0 Å². The lowest BCUT2D eigenvalue weighted by Gasteiger charge is -2.40. The van der Waals surface area contributed by atoms with Crippen LogP contribution in [0, 0.1) is 5.41 Å². The van der Waals surface area contributed by atoms with E-state index in [2.05, 4.69) is 13.5 Å². The molecule has 0 bridgehead atoms. The number of rotatable bonds is 16. The van der Waals surface area contributed by atoms with E-state index < -0.39 is 11.9 Å². The van der Waals surface area contributed by atoms with Gasteiger partial charge in [0.2, 0.25) is 0 Å². The first-order valence-corrected chi connectivity index (χ1v) is 12.6. The topological polar surface area (TPSA) is 80.3 Å². The van der Waals surface area contributed by atoms with Gasteiger partial charge in [-0.25, -0.2) is 9.59 Å². The summed E-state index contributed by atoms with van der Waals surface area (Å²) in [6, 6.07) is 13.5. The molecule has 0 saturated heterocycles. The first-order valence-electron chi connectivity index (χ1n) is 12.6. The highest BCUT2D eigenvalue weighted by molar-refractivity contribution is 5.91. The third kappa shape index (κ3) is 8.72. The van der Waals surface area contributed by atoms with Gasteiger partial charge in [0.15, 0.2) is 0 Å². The second kappa shape index (κ2) is 14.3. The minimum Gasteiger partial charge on any atom is -0.494 e. The van der Waals surface area contributed by atoms with Gasteiger partial charge in [0.25, 0.3) is 0 Å². The molecule has 7 nitrogen and oxygen atoms in total. The van der Waals surface area contributed by atoms with Crippen LogP contribution in [0.3, 0.4) is 0 Å².